The maximum atomic E-state index is 4.90. The molecule has 7 heteroatoms. The molecule has 27 heavy (non-hydrogen) atoms. The van der Waals surface area contributed by atoms with Crippen molar-refractivity contribution in [1.29, 1.82) is 0 Å². The van der Waals surface area contributed by atoms with Crippen molar-refractivity contribution >= 4 is 41.3 Å². The Morgan fingerprint density at radius 1 is 1.30 bits per heavy atom. The van der Waals surface area contributed by atoms with E-state index in [0.717, 1.165) is 44.6 Å². The molecule has 0 spiro atoms. The summed E-state index contributed by atoms with van der Waals surface area (Å²) in [5, 5.41) is 6.89. The molecule has 2 aliphatic heterocycles. The van der Waals surface area contributed by atoms with Crippen molar-refractivity contribution in [3.63, 3.8) is 0 Å². The van der Waals surface area contributed by atoms with Crippen LogP contribution in [-0.2, 0) is 11.8 Å². The highest BCUT2D eigenvalue weighted by Crippen LogP contribution is 2.24. The fraction of sp³-hybridized carbons (Fsp3) is 0.800. The number of rotatable bonds is 5. The molecule has 2 fully saturated rings. The predicted molar refractivity (Wildman–Crippen MR) is 127 cm³/mol. The lowest BCUT2D eigenvalue weighted by Crippen LogP contribution is -2.42. The Kier molecular flexibility index (Phi) is 8.80. The minimum atomic E-state index is 0. The molecule has 0 bridgehead atoms. The van der Waals surface area contributed by atoms with Gasteiger partial charge in [-0.15, -0.1) is 35.3 Å². The number of thiazole rings is 1. The minimum Gasteiger partial charge on any atom is -0.357 e. The molecule has 1 N–H and O–H groups in total. The number of hydrogen-bond donors (Lipinski definition) is 1. The van der Waals surface area contributed by atoms with Crippen LogP contribution in [0, 0.1) is 0 Å². The first-order valence-electron chi connectivity index (χ1n) is 10.2. The quantitative estimate of drug-likeness (QED) is 0.376. The number of nitrogens with zero attached hydrogens (tertiary/aromatic N) is 4. The number of likely N-dealkylation sites (tertiary alicyclic amines) is 2. The van der Waals surface area contributed by atoms with Crippen LogP contribution in [0.15, 0.2) is 10.4 Å². The average molecular weight is 506 g/mol. The summed E-state index contributed by atoms with van der Waals surface area (Å²) in [4.78, 5) is 14.8. The molecular formula is C20H36IN5S. The zero-order valence-corrected chi connectivity index (χ0v) is 20.5. The van der Waals surface area contributed by atoms with Gasteiger partial charge in [0.15, 0.2) is 5.96 Å². The van der Waals surface area contributed by atoms with E-state index >= 15 is 0 Å². The van der Waals surface area contributed by atoms with Gasteiger partial charge < -0.3 is 10.2 Å². The van der Waals surface area contributed by atoms with E-state index in [4.69, 9.17) is 9.98 Å². The molecule has 154 valence electrons. The summed E-state index contributed by atoms with van der Waals surface area (Å²) in [6, 6.07) is 0.717. The molecule has 2 saturated heterocycles. The topological polar surface area (TPSA) is 43.8 Å². The van der Waals surface area contributed by atoms with E-state index in [9.17, 15) is 0 Å². The number of guanidine groups is 1. The van der Waals surface area contributed by atoms with Gasteiger partial charge in [-0.2, -0.15) is 0 Å². The van der Waals surface area contributed by atoms with E-state index in [1.165, 1.54) is 43.1 Å². The summed E-state index contributed by atoms with van der Waals surface area (Å²) < 4.78 is 0. The zero-order chi connectivity index (χ0) is 18.6. The fourth-order valence-electron chi connectivity index (χ4n) is 3.79. The normalized spacial score (nSPS) is 21.6. The molecule has 0 saturated carbocycles. The number of aliphatic imine (C=N–C) groups is 1. The summed E-state index contributed by atoms with van der Waals surface area (Å²) in [5.41, 5.74) is 1.33. The van der Waals surface area contributed by atoms with Crippen LogP contribution in [0.2, 0.25) is 0 Å². The second kappa shape index (κ2) is 10.4. The van der Waals surface area contributed by atoms with Gasteiger partial charge in [0, 0.05) is 49.4 Å². The third kappa shape index (κ3) is 6.29. The lowest BCUT2D eigenvalue weighted by Gasteiger charge is -2.25. The number of hydrogen-bond acceptors (Lipinski definition) is 4. The van der Waals surface area contributed by atoms with E-state index in [0.29, 0.717) is 0 Å². The van der Waals surface area contributed by atoms with Gasteiger partial charge >= 0.3 is 0 Å². The van der Waals surface area contributed by atoms with E-state index in [2.05, 4.69) is 48.2 Å². The van der Waals surface area contributed by atoms with Crippen LogP contribution in [0.25, 0.3) is 0 Å². The van der Waals surface area contributed by atoms with Crippen molar-refractivity contribution < 1.29 is 0 Å². The standard InChI is InChI=1S/C20H35N5S.HI/c1-5-21-19(25-13-9-16(14-25)24-11-6-7-12-24)22-10-8-18-23-17(15-26-18)20(2,3)4;/h15-16H,5-14H2,1-4H3,(H,21,22);1H. The van der Waals surface area contributed by atoms with E-state index in [-0.39, 0.29) is 29.4 Å². The Morgan fingerprint density at radius 2 is 2.04 bits per heavy atom. The lowest BCUT2D eigenvalue weighted by atomic mass is 9.93. The molecule has 1 atom stereocenters. The molecule has 0 amide bonds. The highest BCUT2D eigenvalue weighted by molar-refractivity contribution is 14.0. The molecule has 1 aromatic rings. The molecular weight excluding hydrogens is 469 g/mol. The second-order valence-corrected chi connectivity index (χ2v) is 9.44. The van der Waals surface area contributed by atoms with E-state index in [1.54, 1.807) is 11.3 Å². The monoisotopic (exact) mass is 505 g/mol. The SMILES string of the molecule is CCNC(=NCCc1nc(C(C)(C)C)cs1)N1CCC(N2CCCC2)C1.I. The van der Waals surface area contributed by atoms with Crippen LogP contribution in [0.3, 0.4) is 0 Å². The Hall–Kier alpha value is -0.410. The molecule has 0 aromatic carbocycles. The summed E-state index contributed by atoms with van der Waals surface area (Å²) in [6.07, 6.45) is 4.94. The Labute approximate surface area is 186 Å². The largest absolute Gasteiger partial charge is 0.357 e. The van der Waals surface area contributed by atoms with Gasteiger partial charge in [-0.3, -0.25) is 9.89 Å². The van der Waals surface area contributed by atoms with Crippen LogP contribution in [0.4, 0.5) is 0 Å². The Morgan fingerprint density at radius 3 is 2.67 bits per heavy atom. The van der Waals surface area contributed by atoms with Gasteiger partial charge in [0.1, 0.15) is 0 Å². The van der Waals surface area contributed by atoms with Crippen molar-refractivity contribution in [2.45, 2.75) is 64.8 Å². The number of aromatic nitrogens is 1. The Bertz CT molecular complexity index is 604. The molecule has 5 nitrogen and oxygen atoms in total. The highest BCUT2D eigenvalue weighted by atomic mass is 127. The van der Waals surface area contributed by atoms with Crippen molar-refractivity contribution in [2.75, 3.05) is 39.3 Å². The maximum absolute atomic E-state index is 4.90. The third-order valence-corrected chi connectivity index (χ3v) is 6.27. The van der Waals surface area contributed by atoms with Crippen LogP contribution >= 0.6 is 35.3 Å². The molecule has 0 radical (unpaired) electrons. The second-order valence-electron chi connectivity index (χ2n) is 8.49. The van der Waals surface area contributed by atoms with Crippen LogP contribution in [0.1, 0.15) is 57.7 Å². The van der Waals surface area contributed by atoms with Crippen molar-refractivity contribution in [3.8, 4) is 0 Å². The molecule has 3 heterocycles. The molecule has 2 aliphatic rings. The van der Waals surface area contributed by atoms with Gasteiger partial charge in [-0.25, -0.2) is 4.98 Å². The van der Waals surface area contributed by atoms with Gasteiger partial charge in [-0.05, 0) is 39.3 Å². The molecule has 0 aliphatic carbocycles. The van der Waals surface area contributed by atoms with Gasteiger partial charge in [0.2, 0.25) is 0 Å². The summed E-state index contributed by atoms with van der Waals surface area (Å²) >= 11 is 1.77. The first-order valence-corrected chi connectivity index (χ1v) is 11.1. The molecule has 1 unspecified atom stereocenters. The maximum Gasteiger partial charge on any atom is 0.193 e. The van der Waals surface area contributed by atoms with Gasteiger partial charge in [-0.1, -0.05) is 20.8 Å². The first-order chi connectivity index (χ1) is 12.5. The van der Waals surface area contributed by atoms with E-state index < -0.39 is 0 Å². The van der Waals surface area contributed by atoms with Gasteiger partial charge in [0.05, 0.1) is 10.7 Å². The highest BCUT2D eigenvalue weighted by Gasteiger charge is 2.30. The van der Waals surface area contributed by atoms with Crippen molar-refractivity contribution in [1.82, 2.24) is 20.1 Å². The van der Waals surface area contributed by atoms with Crippen molar-refractivity contribution in [2.24, 2.45) is 4.99 Å². The van der Waals surface area contributed by atoms with E-state index in [1.807, 2.05) is 0 Å². The van der Waals surface area contributed by atoms with Crippen LogP contribution < -0.4 is 5.32 Å². The number of nitrogens with one attached hydrogen (secondary N) is 1. The first kappa shape index (κ1) is 22.9. The van der Waals surface area contributed by atoms with Gasteiger partial charge in [0.25, 0.3) is 0 Å². The van der Waals surface area contributed by atoms with Crippen LogP contribution in [0.5, 0.6) is 0 Å². The fourth-order valence-corrected chi connectivity index (χ4v) is 4.81. The average Bonchev–Trinajstić information content (AvgIpc) is 3.33. The molecule has 3 rings (SSSR count). The summed E-state index contributed by atoms with van der Waals surface area (Å²) in [7, 11) is 0. The van der Waals surface area contributed by atoms with Crippen LogP contribution in [-0.4, -0.2) is 66.1 Å². The minimum absolute atomic E-state index is 0. The predicted octanol–water partition coefficient (Wildman–Crippen LogP) is 3.74. The summed E-state index contributed by atoms with van der Waals surface area (Å²) in [6.45, 7) is 15.4. The molecule has 1 aromatic heterocycles. The number of halogens is 1. The third-order valence-electron chi connectivity index (χ3n) is 5.36. The van der Waals surface area contributed by atoms with Crippen molar-refractivity contribution in [3.05, 3.63) is 16.1 Å². The smallest absolute Gasteiger partial charge is 0.193 e. The Balaban J connectivity index is 0.00000261. The lowest BCUT2D eigenvalue weighted by molar-refractivity contribution is 0.249. The summed E-state index contributed by atoms with van der Waals surface area (Å²) in [5.74, 6) is 1.08. The zero-order valence-electron chi connectivity index (χ0n) is 17.3.